The third-order valence-electron chi connectivity index (χ3n) is 3.63. The molecule has 0 bridgehead atoms. The van der Waals surface area contributed by atoms with Gasteiger partial charge in [-0.3, -0.25) is 4.90 Å². The maximum absolute atomic E-state index is 8.58. The molecule has 4 N–H and O–H groups in total. The molecule has 2 rings (SSSR count). The van der Waals surface area contributed by atoms with Crippen molar-refractivity contribution in [3.05, 3.63) is 0 Å². The van der Waals surface area contributed by atoms with Crippen LogP contribution < -0.4 is 11.1 Å². The third-order valence-corrected chi connectivity index (χ3v) is 3.63. The Hall–Kier alpha value is -0.810. The van der Waals surface area contributed by atoms with Crippen molar-refractivity contribution in [1.82, 2.24) is 10.2 Å². The Balaban J connectivity index is 1.90. The summed E-state index contributed by atoms with van der Waals surface area (Å²) in [6.45, 7) is 4.36. The standard InChI is InChI=1S/C10H20N4O/c1-7(10(11)13-15)12-8-4-6-14-5-2-3-9(8)14/h7-9,12,15H,2-6H2,1H3,(H2,11,13). The molecule has 0 aliphatic carbocycles. The average molecular weight is 212 g/mol. The molecular formula is C10H20N4O. The normalized spacial score (nSPS) is 34.3. The molecular weight excluding hydrogens is 192 g/mol. The molecule has 15 heavy (non-hydrogen) atoms. The molecule has 0 amide bonds. The lowest BCUT2D eigenvalue weighted by Crippen LogP contribution is -2.48. The van der Waals surface area contributed by atoms with Crippen LogP contribution in [0.2, 0.25) is 0 Å². The first kappa shape index (κ1) is 10.7. The monoisotopic (exact) mass is 212 g/mol. The highest BCUT2D eigenvalue weighted by molar-refractivity contribution is 5.84. The number of fused-ring (bicyclic) bond motifs is 1. The highest BCUT2D eigenvalue weighted by atomic mass is 16.4. The van der Waals surface area contributed by atoms with Crippen molar-refractivity contribution in [1.29, 1.82) is 0 Å². The molecule has 2 heterocycles. The molecule has 0 aromatic carbocycles. The zero-order chi connectivity index (χ0) is 10.8. The van der Waals surface area contributed by atoms with Gasteiger partial charge < -0.3 is 16.3 Å². The Labute approximate surface area is 90.3 Å². The Morgan fingerprint density at radius 2 is 2.33 bits per heavy atom. The summed E-state index contributed by atoms with van der Waals surface area (Å²) in [6.07, 6.45) is 3.76. The van der Waals surface area contributed by atoms with Crippen molar-refractivity contribution >= 4 is 5.84 Å². The number of oxime groups is 1. The van der Waals surface area contributed by atoms with Crippen LogP contribution in [0, 0.1) is 0 Å². The van der Waals surface area contributed by atoms with E-state index in [4.69, 9.17) is 10.9 Å². The fourth-order valence-electron chi connectivity index (χ4n) is 2.77. The van der Waals surface area contributed by atoms with E-state index in [2.05, 4.69) is 15.4 Å². The van der Waals surface area contributed by atoms with E-state index < -0.39 is 0 Å². The number of nitrogens with zero attached hydrogens (tertiary/aromatic N) is 2. The summed E-state index contributed by atoms with van der Waals surface area (Å²) in [6, 6.07) is 1.13. The van der Waals surface area contributed by atoms with Gasteiger partial charge in [-0.15, -0.1) is 0 Å². The maximum Gasteiger partial charge on any atom is 0.156 e. The van der Waals surface area contributed by atoms with Crippen molar-refractivity contribution in [2.24, 2.45) is 10.9 Å². The third kappa shape index (κ3) is 2.08. The van der Waals surface area contributed by atoms with Gasteiger partial charge in [0.15, 0.2) is 5.84 Å². The lowest BCUT2D eigenvalue weighted by Gasteiger charge is -2.24. The van der Waals surface area contributed by atoms with E-state index in [1.165, 1.54) is 32.4 Å². The lowest BCUT2D eigenvalue weighted by molar-refractivity contribution is 0.293. The number of nitrogens with one attached hydrogen (secondary N) is 1. The summed E-state index contributed by atoms with van der Waals surface area (Å²) in [5, 5.41) is 15.1. The predicted octanol–water partition coefficient (Wildman–Crippen LogP) is -0.0524. The number of hydrogen-bond donors (Lipinski definition) is 3. The van der Waals surface area contributed by atoms with Gasteiger partial charge in [-0.2, -0.15) is 0 Å². The second-order valence-electron chi connectivity index (χ2n) is 4.55. The van der Waals surface area contributed by atoms with Gasteiger partial charge in [0.05, 0.1) is 6.04 Å². The maximum atomic E-state index is 8.58. The Morgan fingerprint density at radius 1 is 1.53 bits per heavy atom. The van der Waals surface area contributed by atoms with Crippen LogP contribution in [0.25, 0.3) is 0 Å². The fraction of sp³-hybridized carbons (Fsp3) is 0.900. The van der Waals surface area contributed by atoms with Crippen LogP contribution in [-0.2, 0) is 0 Å². The van der Waals surface area contributed by atoms with Crippen LogP contribution in [0.3, 0.4) is 0 Å². The SMILES string of the molecule is CC(NC1CCN2CCCC12)C(N)=NO. The molecule has 0 spiro atoms. The first-order valence-corrected chi connectivity index (χ1v) is 5.70. The molecule has 2 aliphatic heterocycles. The zero-order valence-corrected chi connectivity index (χ0v) is 9.19. The number of rotatable bonds is 3. The van der Waals surface area contributed by atoms with Gasteiger partial charge in [0, 0.05) is 18.6 Å². The largest absolute Gasteiger partial charge is 0.409 e. The number of amidine groups is 1. The first-order chi connectivity index (χ1) is 7.22. The number of nitrogens with two attached hydrogens (primary N) is 1. The fourth-order valence-corrected chi connectivity index (χ4v) is 2.77. The summed E-state index contributed by atoms with van der Waals surface area (Å²) in [7, 11) is 0. The minimum Gasteiger partial charge on any atom is -0.409 e. The second kappa shape index (κ2) is 4.37. The predicted molar refractivity (Wildman–Crippen MR) is 59.0 cm³/mol. The van der Waals surface area contributed by atoms with Crippen LogP contribution in [0.5, 0.6) is 0 Å². The highest BCUT2D eigenvalue weighted by Gasteiger charge is 2.37. The van der Waals surface area contributed by atoms with E-state index in [1.54, 1.807) is 0 Å². The van der Waals surface area contributed by atoms with E-state index in [1.807, 2.05) is 6.92 Å². The molecule has 0 radical (unpaired) electrons. The summed E-state index contributed by atoms with van der Waals surface area (Å²) in [5.74, 6) is 0.270. The van der Waals surface area contributed by atoms with E-state index in [-0.39, 0.29) is 11.9 Å². The smallest absolute Gasteiger partial charge is 0.156 e. The molecule has 3 unspecified atom stereocenters. The van der Waals surface area contributed by atoms with E-state index >= 15 is 0 Å². The van der Waals surface area contributed by atoms with E-state index in [0.717, 1.165) is 0 Å². The summed E-state index contributed by atoms with van der Waals surface area (Å²) >= 11 is 0. The highest BCUT2D eigenvalue weighted by Crippen LogP contribution is 2.28. The molecule has 5 heteroatoms. The quantitative estimate of drug-likeness (QED) is 0.265. The molecule has 3 atom stereocenters. The van der Waals surface area contributed by atoms with Gasteiger partial charge in [0.2, 0.25) is 0 Å². The van der Waals surface area contributed by atoms with Crippen molar-refractivity contribution in [2.45, 2.75) is 44.3 Å². The van der Waals surface area contributed by atoms with Gasteiger partial charge in [-0.1, -0.05) is 5.16 Å². The summed E-state index contributed by atoms with van der Waals surface area (Å²) in [5.41, 5.74) is 5.56. The van der Waals surface area contributed by atoms with Crippen molar-refractivity contribution in [2.75, 3.05) is 13.1 Å². The minimum absolute atomic E-state index is 0.0412. The van der Waals surface area contributed by atoms with Crippen molar-refractivity contribution in [3.63, 3.8) is 0 Å². The molecule has 2 aliphatic rings. The number of hydrogen-bond acceptors (Lipinski definition) is 4. The topological polar surface area (TPSA) is 73.9 Å². The molecule has 0 aromatic rings. The molecule has 0 saturated carbocycles. The minimum atomic E-state index is -0.0412. The summed E-state index contributed by atoms with van der Waals surface area (Å²) in [4.78, 5) is 2.54. The van der Waals surface area contributed by atoms with Crippen LogP contribution in [-0.4, -0.2) is 47.2 Å². The average Bonchev–Trinajstić information content (AvgIpc) is 2.81. The first-order valence-electron chi connectivity index (χ1n) is 5.70. The van der Waals surface area contributed by atoms with Gasteiger partial charge >= 0.3 is 0 Å². The van der Waals surface area contributed by atoms with Crippen molar-refractivity contribution in [3.8, 4) is 0 Å². The van der Waals surface area contributed by atoms with Gasteiger partial charge in [-0.25, -0.2) is 0 Å². The molecule has 0 aromatic heterocycles. The van der Waals surface area contributed by atoms with Crippen LogP contribution >= 0.6 is 0 Å². The molecule has 2 saturated heterocycles. The lowest BCUT2D eigenvalue weighted by atomic mass is 10.1. The molecule has 5 nitrogen and oxygen atoms in total. The van der Waals surface area contributed by atoms with E-state index in [9.17, 15) is 0 Å². The molecule has 2 fully saturated rings. The molecule has 86 valence electrons. The Morgan fingerprint density at radius 3 is 3.07 bits per heavy atom. The Bertz CT molecular complexity index is 256. The van der Waals surface area contributed by atoms with Crippen LogP contribution in [0.4, 0.5) is 0 Å². The zero-order valence-electron chi connectivity index (χ0n) is 9.19. The second-order valence-corrected chi connectivity index (χ2v) is 4.55. The van der Waals surface area contributed by atoms with Gasteiger partial charge in [-0.05, 0) is 32.7 Å². The Kier molecular flexibility index (Phi) is 3.11. The van der Waals surface area contributed by atoms with Gasteiger partial charge in [0.1, 0.15) is 0 Å². The summed E-state index contributed by atoms with van der Waals surface area (Å²) < 4.78 is 0. The van der Waals surface area contributed by atoms with Crippen LogP contribution in [0.15, 0.2) is 5.16 Å². The van der Waals surface area contributed by atoms with Crippen LogP contribution in [0.1, 0.15) is 26.2 Å². The van der Waals surface area contributed by atoms with Gasteiger partial charge in [0.25, 0.3) is 0 Å². The van der Waals surface area contributed by atoms with E-state index in [0.29, 0.717) is 12.1 Å². The van der Waals surface area contributed by atoms with Crippen molar-refractivity contribution < 1.29 is 5.21 Å².